The van der Waals surface area contributed by atoms with Crippen LogP contribution in [0.3, 0.4) is 0 Å². The normalized spacial score (nSPS) is 11.9. The maximum Gasteiger partial charge on any atom is 0.251 e. The molecule has 29 heavy (non-hydrogen) atoms. The quantitative estimate of drug-likeness (QED) is 0.660. The van der Waals surface area contributed by atoms with Crippen molar-refractivity contribution < 1.29 is 19.1 Å². The van der Waals surface area contributed by atoms with Gasteiger partial charge in [-0.05, 0) is 62.2 Å². The third-order valence-electron chi connectivity index (χ3n) is 4.15. The highest BCUT2D eigenvalue weighted by atomic mass is 35.5. The predicted octanol–water partition coefficient (Wildman–Crippen LogP) is 4.53. The Bertz CT molecular complexity index is 850. The van der Waals surface area contributed by atoms with E-state index in [1.54, 1.807) is 49.6 Å². The van der Waals surface area contributed by atoms with Crippen LogP contribution in [0.4, 0.5) is 5.69 Å². The zero-order chi connectivity index (χ0) is 21.6. The summed E-state index contributed by atoms with van der Waals surface area (Å²) >= 11 is 6.23. The van der Waals surface area contributed by atoms with Gasteiger partial charge in [0.1, 0.15) is 17.5 Å². The van der Waals surface area contributed by atoms with Gasteiger partial charge in [0.25, 0.3) is 5.91 Å². The van der Waals surface area contributed by atoms with Crippen molar-refractivity contribution in [3.63, 3.8) is 0 Å². The summed E-state index contributed by atoms with van der Waals surface area (Å²) in [5, 5.41) is 6.00. The van der Waals surface area contributed by atoms with Crippen LogP contribution in [0.15, 0.2) is 42.5 Å². The Morgan fingerprint density at radius 2 is 1.66 bits per heavy atom. The van der Waals surface area contributed by atoms with E-state index in [-0.39, 0.29) is 23.8 Å². The Labute approximate surface area is 176 Å². The van der Waals surface area contributed by atoms with Crippen molar-refractivity contribution in [1.82, 2.24) is 5.32 Å². The van der Waals surface area contributed by atoms with Gasteiger partial charge < -0.3 is 20.1 Å². The van der Waals surface area contributed by atoms with E-state index >= 15 is 0 Å². The molecule has 1 atom stereocenters. The number of carbonyl (C=O) groups is 2. The summed E-state index contributed by atoms with van der Waals surface area (Å²) < 4.78 is 10.7. The number of methoxy groups -OCH3 is 1. The Morgan fingerprint density at radius 3 is 2.17 bits per heavy atom. The molecule has 0 fully saturated rings. The lowest BCUT2D eigenvalue weighted by molar-refractivity contribution is -0.118. The molecule has 7 heteroatoms. The number of carbonyl (C=O) groups excluding carboxylic acids is 2. The van der Waals surface area contributed by atoms with Crippen LogP contribution < -0.4 is 20.1 Å². The van der Waals surface area contributed by atoms with Gasteiger partial charge in [0.2, 0.25) is 5.91 Å². The number of hydrogen-bond donors (Lipinski definition) is 2. The molecule has 1 unspecified atom stereocenters. The van der Waals surface area contributed by atoms with Gasteiger partial charge in [-0.3, -0.25) is 9.59 Å². The average Bonchev–Trinajstić information content (AvgIpc) is 2.67. The number of hydrogen-bond acceptors (Lipinski definition) is 4. The molecular weight excluding hydrogens is 392 g/mol. The smallest absolute Gasteiger partial charge is 0.251 e. The molecule has 0 aliphatic heterocycles. The van der Waals surface area contributed by atoms with Crippen LogP contribution in [0.25, 0.3) is 0 Å². The Kier molecular flexibility index (Phi) is 7.91. The first-order valence-corrected chi connectivity index (χ1v) is 9.81. The minimum atomic E-state index is -0.713. The third-order valence-corrected chi connectivity index (χ3v) is 4.45. The molecule has 2 amide bonds. The largest absolute Gasteiger partial charge is 0.497 e. The average molecular weight is 419 g/mol. The lowest BCUT2D eigenvalue weighted by Crippen LogP contribution is -2.47. The van der Waals surface area contributed by atoms with Gasteiger partial charge in [-0.25, -0.2) is 0 Å². The molecule has 0 aliphatic rings. The number of anilines is 1. The number of ether oxygens (including phenoxy) is 2. The second-order valence-corrected chi connectivity index (χ2v) is 7.63. The molecule has 0 spiro atoms. The Morgan fingerprint density at radius 1 is 1.00 bits per heavy atom. The Hall–Kier alpha value is -2.73. The number of halogens is 1. The first kappa shape index (κ1) is 22.6. The van der Waals surface area contributed by atoms with E-state index in [4.69, 9.17) is 21.1 Å². The number of nitrogens with one attached hydrogen (secondary N) is 2. The molecule has 2 rings (SSSR count). The van der Waals surface area contributed by atoms with E-state index in [2.05, 4.69) is 10.6 Å². The fourth-order valence-corrected chi connectivity index (χ4v) is 2.88. The van der Waals surface area contributed by atoms with Crippen molar-refractivity contribution in [3.8, 4) is 11.5 Å². The fraction of sp³-hybridized carbons (Fsp3) is 0.364. The third kappa shape index (κ3) is 6.39. The van der Waals surface area contributed by atoms with Crippen molar-refractivity contribution in [2.75, 3.05) is 12.4 Å². The van der Waals surface area contributed by atoms with Crippen molar-refractivity contribution in [2.24, 2.45) is 5.92 Å². The predicted molar refractivity (Wildman–Crippen MR) is 115 cm³/mol. The van der Waals surface area contributed by atoms with Crippen LogP contribution in [-0.2, 0) is 4.79 Å². The minimum absolute atomic E-state index is 0.00794. The molecule has 0 bridgehead atoms. The van der Waals surface area contributed by atoms with Crippen LogP contribution in [-0.4, -0.2) is 31.1 Å². The Balaban J connectivity index is 2.08. The SMILES string of the molecule is COc1ccc(C(=O)NC(C(=O)Nc2ccc(OC(C)C)c(Cl)c2)C(C)C)cc1. The minimum Gasteiger partial charge on any atom is -0.497 e. The van der Waals surface area contributed by atoms with Gasteiger partial charge in [-0.15, -0.1) is 0 Å². The van der Waals surface area contributed by atoms with Crippen molar-refractivity contribution >= 4 is 29.1 Å². The van der Waals surface area contributed by atoms with Crippen LogP contribution in [0.5, 0.6) is 11.5 Å². The van der Waals surface area contributed by atoms with E-state index in [0.717, 1.165) is 0 Å². The van der Waals surface area contributed by atoms with Gasteiger partial charge in [0.15, 0.2) is 0 Å². The molecule has 0 aliphatic carbocycles. The van der Waals surface area contributed by atoms with Crippen LogP contribution in [0.1, 0.15) is 38.1 Å². The summed E-state index contributed by atoms with van der Waals surface area (Å²) in [7, 11) is 1.56. The molecule has 2 N–H and O–H groups in total. The molecule has 6 nitrogen and oxygen atoms in total. The number of amides is 2. The van der Waals surface area contributed by atoms with Crippen LogP contribution in [0, 0.1) is 5.92 Å². The van der Waals surface area contributed by atoms with E-state index in [1.807, 2.05) is 27.7 Å². The van der Waals surface area contributed by atoms with Gasteiger partial charge in [-0.2, -0.15) is 0 Å². The first-order chi connectivity index (χ1) is 13.7. The van der Waals surface area contributed by atoms with E-state index < -0.39 is 6.04 Å². The van der Waals surface area contributed by atoms with Gasteiger partial charge >= 0.3 is 0 Å². The lowest BCUT2D eigenvalue weighted by Gasteiger charge is -2.22. The summed E-state index contributed by atoms with van der Waals surface area (Å²) in [6, 6.07) is 11.0. The van der Waals surface area contributed by atoms with E-state index in [0.29, 0.717) is 27.8 Å². The molecule has 0 saturated carbocycles. The van der Waals surface area contributed by atoms with Crippen molar-refractivity contribution in [1.29, 1.82) is 0 Å². The van der Waals surface area contributed by atoms with E-state index in [9.17, 15) is 9.59 Å². The van der Waals surface area contributed by atoms with Gasteiger partial charge in [-0.1, -0.05) is 25.4 Å². The van der Waals surface area contributed by atoms with Crippen molar-refractivity contribution in [3.05, 3.63) is 53.1 Å². The molecule has 0 radical (unpaired) electrons. The maximum absolute atomic E-state index is 12.8. The topological polar surface area (TPSA) is 76.7 Å². The van der Waals surface area contributed by atoms with Gasteiger partial charge in [0.05, 0.1) is 18.2 Å². The highest BCUT2D eigenvalue weighted by molar-refractivity contribution is 6.32. The lowest BCUT2D eigenvalue weighted by atomic mass is 10.0. The monoisotopic (exact) mass is 418 g/mol. The molecular formula is C22H27ClN2O4. The number of benzene rings is 2. The maximum atomic E-state index is 12.8. The molecule has 0 saturated heterocycles. The highest BCUT2D eigenvalue weighted by Gasteiger charge is 2.25. The summed E-state index contributed by atoms with van der Waals surface area (Å²) in [4.78, 5) is 25.3. The second kappa shape index (κ2) is 10.2. The zero-order valence-electron chi connectivity index (χ0n) is 17.3. The molecule has 0 aromatic heterocycles. The van der Waals surface area contributed by atoms with Crippen LogP contribution in [0.2, 0.25) is 5.02 Å². The van der Waals surface area contributed by atoms with Crippen LogP contribution >= 0.6 is 11.6 Å². The second-order valence-electron chi connectivity index (χ2n) is 7.22. The standard InChI is InChI=1S/C22H27ClN2O4/c1-13(2)20(25-21(26)15-6-9-17(28-5)10-7-15)22(27)24-16-8-11-19(18(23)12-16)29-14(3)4/h6-14,20H,1-5H3,(H,24,27)(H,25,26). The van der Waals surface area contributed by atoms with Crippen molar-refractivity contribution in [2.45, 2.75) is 39.8 Å². The van der Waals surface area contributed by atoms with Gasteiger partial charge in [0, 0.05) is 11.3 Å². The summed E-state index contributed by atoms with van der Waals surface area (Å²) in [6.07, 6.45) is -0.00794. The number of rotatable bonds is 8. The molecule has 156 valence electrons. The first-order valence-electron chi connectivity index (χ1n) is 9.43. The fourth-order valence-electron chi connectivity index (χ4n) is 2.65. The molecule has 2 aromatic carbocycles. The van der Waals surface area contributed by atoms with E-state index in [1.165, 1.54) is 0 Å². The summed E-state index contributed by atoms with van der Waals surface area (Å²) in [5.41, 5.74) is 0.975. The molecule has 2 aromatic rings. The molecule has 0 heterocycles. The highest BCUT2D eigenvalue weighted by Crippen LogP contribution is 2.28. The summed E-state index contributed by atoms with van der Waals surface area (Å²) in [6.45, 7) is 7.55. The zero-order valence-corrected chi connectivity index (χ0v) is 18.0. The summed E-state index contributed by atoms with van der Waals surface area (Å²) in [5.74, 6) is 0.432.